The third-order valence-electron chi connectivity index (χ3n) is 4.39. The number of ketones is 1. The van der Waals surface area contributed by atoms with Gasteiger partial charge in [0.1, 0.15) is 17.6 Å². The van der Waals surface area contributed by atoms with Gasteiger partial charge in [0, 0.05) is 27.7 Å². The first-order valence-corrected chi connectivity index (χ1v) is 9.45. The minimum absolute atomic E-state index is 0.0902. The van der Waals surface area contributed by atoms with Crippen LogP contribution >= 0.6 is 22.9 Å². The van der Waals surface area contributed by atoms with Crippen molar-refractivity contribution in [2.24, 2.45) is 0 Å². The number of nitrogens with zero attached hydrogens (tertiary/aromatic N) is 2. The summed E-state index contributed by atoms with van der Waals surface area (Å²) in [5.74, 6) is -2.78. The highest BCUT2D eigenvalue weighted by atomic mass is 35.5. The predicted molar refractivity (Wildman–Crippen MR) is 105 cm³/mol. The summed E-state index contributed by atoms with van der Waals surface area (Å²) in [7, 11) is 0. The lowest BCUT2D eigenvalue weighted by atomic mass is 9.95. The average molecular weight is 415 g/mol. The van der Waals surface area contributed by atoms with E-state index in [2.05, 4.69) is 4.98 Å². The zero-order chi connectivity index (χ0) is 19.8. The number of benzene rings is 2. The lowest BCUT2D eigenvalue weighted by molar-refractivity contribution is -0.132. The van der Waals surface area contributed by atoms with Gasteiger partial charge in [0.25, 0.3) is 5.78 Å². The number of carbonyl (C=O) groups is 2. The van der Waals surface area contributed by atoms with Gasteiger partial charge in [0.15, 0.2) is 5.13 Å². The van der Waals surface area contributed by atoms with Crippen molar-refractivity contribution in [1.29, 1.82) is 0 Å². The molecule has 4 rings (SSSR count). The summed E-state index contributed by atoms with van der Waals surface area (Å²) in [6, 6.07) is 10.8. The predicted octanol–water partition coefficient (Wildman–Crippen LogP) is 4.56. The zero-order valence-electron chi connectivity index (χ0n) is 14.2. The molecule has 1 aliphatic heterocycles. The van der Waals surface area contributed by atoms with Gasteiger partial charge in [-0.15, -0.1) is 11.3 Å². The topological polar surface area (TPSA) is 70.5 Å². The molecule has 1 atom stereocenters. The summed E-state index contributed by atoms with van der Waals surface area (Å²) in [6.07, 6.45) is 1.48. The van der Waals surface area contributed by atoms with Crippen LogP contribution in [0.2, 0.25) is 5.02 Å². The van der Waals surface area contributed by atoms with Crippen molar-refractivity contribution in [1.82, 2.24) is 4.98 Å². The summed E-state index contributed by atoms with van der Waals surface area (Å²) in [5, 5.41) is 13.2. The van der Waals surface area contributed by atoms with Crippen LogP contribution in [-0.2, 0) is 9.59 Å². The van der Waals surface area contributed by atoms with Gasteiger partial charge in [-0.05, 0) is 30.3 Å². The Morgan fingerprint density at radius 3 is 2.50 bits per heavy atom. The fraction of sp³-hybridized carbons (Fsp3) is 0.0500. The summed E-state index contributed by atoms with van der Waals surface area (Å²) in [4.78, 5) is 30.8. The molecule has 1 amide bonds. The van der Waals surface area contributed by atoms with Crippen LogP contribution in [-0.4, -0.2) is 21.8 Å². The Kier molecular flexibility index (Phi) is 4.70. The van der Waals surface area contributed by atoms with E-state index in [-0.39, 0.29) is 16.3 Å². The zero-order valence-corrected chi connectivity index (χ0v) is 15.7. The molecule has 5 nitrogen and oxygen atoms in total. The van der Waals surface area contributed by atoms with E-state index in [4.69, 9.17) is 11.6 Å². The van der Waals surface area contributed by atoms with Gasteiger partial charge in [-0.3, -0.25) is 14.5 Å². The van der Waals surface area contributed by atoms with Gasteiger partial charge in [-0.1, -0.05) is 29.8 Å². The van der Waals surface area contributed by atoms with Crippen molar-refractivity contribution in [3.63, 3.8) is 0 Å². The van der Waals surface area contributed by atoms with Crippen LogP contribution in [0, 0.1) is 5.82 Å². The van der Waals surface area contributed by atoms with Crippen LogP contribution in [0.25, 0.3) is 5.76 Å². The van der Waals surface area contributed by atoms with E-state index in [1.807, 2.05) is 0 Å². The summed E-state index contributed by atoms with van der Waals surface area (Å²) < 4.78 is 14.6. The number of aromatic nitrogens is 1. The lowest BCUT2D eigenvalue weighted by Gasteiger charge is -2.23. The smallest absolute Gasteiger partial charge is 0.301 e. The quantitative estimate of drug-likeness (QED) is 0.387. The van der Waals surface area contributed by atoms with Gasteiger partial charge in [0.05, 0.1) is 5.57 Å². The summed E-state index contributed by atoms with van der Waals surface area (Å²) >= 11 is 7.02. The first kappa shape index (κ1) is 18.3. The molecule has 2 aromatic carbocycles. The normalized spacial score (nSPS) is 18.6. The molecule has 28 heavy (non-hydrogen) atoms. The second-order valence-corrected chi connectivity index (χ2v) is 7.32. The van der Waals surface area contributed by atoms with Crippen molar-refractivity contribution in [3.8, 4) is 0 Å². The fourth-order valence-electron chi connectivity index (χ4n) is 3.12. The monoisotopic (exact) mass is 414 g/mol. The van der Waals surface area contributed by atoms with Gasteiger partial charge in [-0.25, -0.2) is 9.37 Å². The minimum Gasteiger partial charge on any atom is -0.507 e. The van der Waals surface area contributed by atoms with Gasteiger partial charge >= 0.3 is 5.91 Å². The average Bonchev–Trinajstić information content (AvgIpc) is 3.30. The van der Waals surface area contributed by atoms with E-state index >= 15 is 0 Å². The Morgan fingerprint density at radius 2 is 1.86 bits per heavy atom. The minimum atomic E-state index is -1.14. The number of amides is 1. The van der Waals surface area contributed by atoms with E-state index in [0.717, 1.165) is 16.2 Å². The van der Waals surface area contributed by atoms with E-state index in [1.165, 1.54) is 36.5 Å². The molecule has 3 aromatic rings. The van der Waals surface area contributed by atoms with Crippen LogP contribution in [0.15, 0.2) is 65.7 Å². The Hall–Kier alpha value is -3.03. The first-order chi connectivity index (χ1) is 13.5. The van der Waals surface area contributed by atoms with Crippen molar-refractivity contribution in [2.45, 2.75) is 6.04 Å². The third-order valence-corrected chi connectivity index (χ3v) is 5.41. The molecule has 1 fully saturated rings. The maximum Gasteiger partial charge on any atom is 0.301 e. The first-order valence-electron chi connectivity index (χ1n) is 8.20. The van der Waals surface area contributed by atoms with Crippen LogP contribution in [0.5, 0.6) is 0 Å². The molecule has 1 saturated heterocycles. The molecule has 1 aliphatic rings. The highest BCUT2D eigenvalue weighted by Gasteiger charge is 2.48. The van der Waals surface area contributed by atoms with E-state index in [9.17, 15) is 19.1 Å². The molecular weight excluding hydrogens is 403 g/mol. The van der Waals surface area contributed by atoms with E-state index < -0.39 is 29.3 Å². The molecule has 0 unspecified atom stereocenters. The largest absolute Gasteiger partial charge is 0.507 e. The molecule has 1 aromatic heterocycles. The van der Waals surface area contributed by atoms with Gasteiger partial charge in [0.2, 0.25) is 0 Å². The van der Waals surface area contributed by atoms with Crippen LogP contribution in [0.4, 0.5) is 9.52 Å². The van der Waals surface area contributed by atoms with Crippen LogP contribution < -0.4 is 4.90 Å². The fourth-order valence-corrected chi connectivity index (χ4v) is 3.91. The maximum absolute atomic E-state index is 14.6. The maximum atomic E-state index is 14.6. The summed E-state index contributed by atoms with van der Waals surface area (Å²) in [5.41, 5.74) is 0.183. The molecular formula is C20H12ClFN2O3S. The molecule has 2 heterocycles. The molecule has 0 aliphatic carbocycles. The number of aliphatic hydroxyl groups is 1. The Balaban J connectivity index is 1.96. The van der Waals surface area contributed by atoms with Crippen molar-refractivity contribution >= 4 is 45.5 Å². The van der Waals surface area contributed by atoms with Crippen molar-refractivity contribution in [2.75, 3.05) is 4.90 Å². The van der Waals surface area contributed by atoms with Crippen LogP contribution in [0.1, 0.15) is 17.2 Å². The SMILES string of the molecule is O=C1C(=O)N(c2nccs2)[C@@H](c2ccccc2F)C1=C(O)c1ccc(Cl)cc1. The molecule has 8 heteroatoms. The van der Waals surface area contributed by atoms with E-state index in [0.29, 0.717) is 10.6 Å². The number of aliphatic hydroxyl groups excluding tert-OH is 1. The van der Waals surface area contributed by atoms with E-state index in [1.54, 1.807) is 23.6 Å². The summed E-state index contributed by atoms with van der Waals surface area (Å²) in [6.45, 7) is 0. The van der Waals surface area contributed by atoms with Crippen LogP contribution in [0.3, 0.4) is 0 Å². The molecule has 0 radical (unpaired) electrons. The second-order valence-electron chi connectivity index (χ2n) is 6.01. The van der Waals surface area contributed by atoms with Crippen molar-refractivity contribution in [3.05, 3.63) is 87.6 Å². The number of carbonyl (C=O) groups excluding carboxylic acids is 2. The number of hydrogen-bond donors (Lipinski definition) is 1. The van der Waals surface area contributed by atoms with Gasteiger partial charge in [-0.2, -0.15) is 0 Å². The molecule has 0 spiro atoms. The highest BCUT2D eigenvalue weighted by molar-refractivity contribution is 7.14. The number of hydrogen-bond acceptors (Lipinski definition) is 5. The molecule has 0 saturated carbocycles. The number of Topliss-reactive ketones (excluding diaryl/α,β-unsaturated/α-hetero) is 1. The Morgan fingerprint density at radius 1 is 1.14 bits per heavy atom. The number of halogens is 2. The highest BCUT2D eigenvalue weighted by Crippen LogP contribution is 2.43. The van der Waals surface area contributed by atoms with Gasteiger partial charge < -0.3 is 5.11 Å². The number of rotatable bonds is 3. The molecule has 0 bridgehead atoms. The lowest BCUT2D eigenvalue weighted by Crippen LogP contribution is -2.29. The number of thiazole rings is 1. The Labute approximate surface area is 168 Å². The molecule has 1 N–H and O–H groups in total. The Bertz CT molecular complexity index is 1100. The second kappa shape index (κ2) is 7.18. The number of anilines is 1. The van der Waals surface area contributed by atoms with Crippen molar-refractivity contribution < 1.29 is 19.1 Å². The third kappa shape index (κ3) is 2.98. The molecule has 140 valence electrons. The standard InChI is InChI=1S/C20H12ClFN2O3S/c21-12-7-5-11(6-8-12)17(25)15-16(13-3-1-2-4-14(13)22)24(19(27)18(15)26)20-23-9-10-28-20/h1-10,16,25H/t16-/m0/s1.